The summed E-state index contributed by atoms with van der Waals surface area (Å²) in [5.74, 6) is 0.959. The van der Waals surface area contributed by atoms with Crippen LogP contribution in [-0.4, -0.2) is 30.6 Å². The van der Waals surface area contributed by atoms with Crippen LogP contribution in [0.3, 0.4) is 0 Å². The minimum absolute atomic E-state index is 0.529. The second-order valence-electron chi connectivity index (χ2n) is 6.79. The van der Waals surface area contributed by atoms with E-state index in [4.69, 9.17) is 0 Å². The van der Waals surface area contributed by atoms with Crippen molar-refractivity contribution < 1.29 is 0 Å². The van der Waals surface area contributed by atoms with Crippen molar-refractivity contribution in [1.82, 2.24) is 10.2 Å². The maximum absolute atomic E-state index is 3.82. The van der Waals surface area contributed by atoms with Gasteiger partial charge >= 0.3 is 0 Å². The van der Waals surface area contributed by atoms with Crippen LogP contribution in [0.5, 0.6) is 0 Å². The van der Waals surface area contributed by atoms with E-state index in [1.807, 2.05) is 0 Å². The van der Waals surface area contributed by atoms with Crippen LogP contribution in [0, 0.1) is 5.92 Å². The highest BCUT2D eigenvalue weighted by molar-refractivity contribution is 5.37. The lowest BCUT2D eigenvalue weighted by Gasteiger charge is -2.38. The summed E-state index contributed by atoms with van der Waals surface area (Å²) in [5, 5.41) is 3.82. The Hall–Kier alpha value is -0.860. The molecule has 116 valence electrons. The number of rotatable bonds is 7. The second-order valence-corrected chi connectivity index (χ2v) is 6.79. The minimum atomic E-state index is 0.529. The molecule has 1 N–H and O–H groups in total. The number of likely N-dealkylation sites (N-methyl/N-ethyl adjacent to an activating group) is 1. The van der Waals surface area contributed by atoms with Crippen LogP contribution in [0.25, 0.3) is 0 Å². The molecule has 3 rings (SSSR count). The van der Waals surface area contributed by atoms with E-state index in [0.717, 1.165) is 12.5 Å². The molecule has 1 fully saturated rings. The van der Waals surface area contributed by atoms with Gasteiger partial charge in [0.15, 0.2) is 0 Å². The third-order valence-electron chi connectivity index (χ3n) is 5.41. The number of hydrogen-bond acceptors (Lipinski definition) is 2. The van der Waals surface area contributed by atoms with Crippen LogP contribution in [0.1, 0.15) is 56.7 Å². The number of nitrogens with one attached hydrogen (secondary N) is 1. The van der Waals surface area contributed by atoms with Crippen molar-refractivity contribution in [3.63, 3.8) is 0 Å². The molecule has 1 saturated carbocycles. The predicted octanol–water partition coefficient (Wildman–Crippen LogP) is 3.77. The Morgan fingerprint density at radius 3 is 2.67 bits per heavy atom. The molecule has 2 atom stereocenters. The van der Waals surface area contributed by atoms with Crippen molar-refractivity contribution in [2.75, 3.05) is 19.6 Å². The third-order valence-corrected chi connectivity index (χ3v) is 5.41. The molecule has 21 heavy (non-hydrogen) atoms. The Bertz CT molecular complexity index is 453. The fraction of sp³-hybridized carbons (Fsp3) is 0.684. The molecule has 1 aromatic rings. The van der Waals surface area contributed by atoms with E-state index in [1.165, 1.54) is 45.2 Å². The molecule has 0 saturated heterocycles. The van der Waals surface area contributed by atoms with Crippen molar-refractivity contribution in [3.8, 4) is 0 Å². The summed E-state index contributed by atoms with van der Waals surface area (Å²) < 4.78 is 0. The summed E-state index contributed by atoms with van der Waals surface area (Å²) in [4.78, 5) is 2.75. The van der Waals surface area contributed by atoms with Gasteiger partial charge in [0.1, 0.15) is 0 Å². The van der Waals surface area contributed by atoms with Crippen LogP contribution in [0.15, 0.2) is 24.3 Å². The van der Waals surface area contributed by atoms with Crippen molar-refractivity contribution in [2.24, 2.45) is 5.92 Å². The van der Waals surface area contributed by atoms with Gasteiger partial charge in [-0.15, -0.1) is 0 Å². The number of fused-ring (bicyclic) bond motifs is 1. The fourth-order valence-corrected chi connectivity index (χ4v) is 3.97. The molecule has 2 aliphatic rings. The molecular formula is C19H30N2. The van der Waals surface area contributed by atoms with Gasteiger partial charge in [0, 0.05) is 18.6 Å². The maximum Gasteiger partial charge on any atom is 0.0484 e. The van der Waals surface area contributed by atoms with Crippen molar-refractivity contribution in [3.05, 3.63) is 35.4 Å². The highest BCUT2D eigenvalue weighted by atomic mass is 15.2. The van der Waals surface area contributed by atoms with E-state index in [9.17, 15) is 0 Å². The number of hydrogen-bond donors (Lipinski definition) is 1. The van der Waals surface area contributed by atoms with Crippen LogP contribution in [0.2, 0.25) is 0 Å². The zero-order chi connectivity index (χ0) is 14.7. The Kier molecular flexibility index (Phi) is 4.97. The lowest BCUT2D eigenvalue weighted by atomic mass is 9.84. The highest BCUT2D eigenvalue weighted by Gasteiger charge is 2.36. The standard InChI is InChI=1S/C19H30N2/c1-3-12-20-19-17-11-6-5-10-16(17)13-18(19)21(4-2)14-15-8-7-9-15/h5-6,10-11,15,18-20H,3-4,7-9,12-14H2,1-2H3. The average Bonchev–Trinajstić information content (AvgIpc) is 2.83. The third kappa shape index (κ3) is 3.17. The Morgan fingerprint density at radius 2 is 2.00 bits per heavy atom. The van der Waals surface area contributed by atoms with E-state index in [1.54, 1.807) is 11.1 Å². The number of nitrogens with zero attached hydrogens (tertiary/aromatic N) is 1. The first kappa shape index (κ1) is 15.1. The molecule has 0 spiro atoms. The van der Waals surface area contributed by atoms with E-state index in [0.29, 0.717) is 12.1 Å². The fourth-order valence-electron chi connectivity index (χ4n) is 3.97. The van der Waals surface area contributed by atoms with Crippen molar-refractivity contribution >= 4 is 0 Å². The first-order chi connectivity index (χ1) is 10.3. The molecule has 0 heterocycles. The largest absolute Gasteiger partial charge is 0.309 e. The van der Waals surface area contributed by atoms with Gasteiger partial charge in [0.25, 0.3) is 0 Å². The molecule has 2 unspecified atom stereocenters. The maximum atomic E-state index is 3.82. The Labute approximate surface area is 129 Å². The van der Waals surface area contributed by atoms with Crippen LogP contribution in [-0.2, 0) is 6.42 Å². The second kappa shape index (κ2) is 6.93. The lowest BCUT2D eigenvalue weighted by molar-refractivity contribution is 0.120. The van der Waals surface area contributed by atoms with Crippen molar-refractivity contribution in [2.45, 2.75) is 58.0 Å². The summed E-state index contributed by atoms with van der Waals surface area (Å²) in [6, 6.07) is 10.2. The van der Waals surface area contributed by atoms with Gasteiger partial charge in [-0.25, -0.2) is 0 Å². The van der Waals surface area contributed by atoms with E-state index in [2.05, 4.69) is 48.3 Å². The van der Waals surface area contributed by atoms with Gasteiger partial charge in [0.2, 0.25) is 0 Å². The zero-order valence-corrected chi connectivity index (χ0v) is 13.6. The molecule has 0 bridgehead atoms. The van der Waals surface area contributed by atoms with Crippen LogP contribution in [0.4, 0.5) is 0 Å². The SMILES string of the molecule is CCCNC1c2ccccc2CC1N(CC)CC1CCC1. The first-order valence-electron chi connectivity index (χ1n) is 8.88. The van der Waals surface area contributed by atoms with E-state index >= 15 is 0 Å². The average molecular weight is 286 g/mol. The zero-order valence-electron chi connectivity index (χ0n) is 13.6. The summed E-state index contributed by atoms with van der Waals surface area (Å²) in [7, 11) is 0. The summed E-state index contributed by atoms with van der Waals surface area (Å²) in [5.41, 5.74) is 3.10. The molecule has 2 heteroatoms. The number of benzene rings is 1. The summed E-state index contributed by atoms with van der Waals surface area (Å²) in [6.45, 7) is 8.20. The van der Waals surface area contributed by atoms with Crippen LogP contribution >= 0.6 is 0 Å². The van der Waals surface area contributed by atoms with Crippen molar-refractivity contribution in [1.29, 1.82) is 0 Å². The quantitative estimate of drug-likeness (QED) is 0.821. The smallest absolute Gasteiger partial charge is 0.0484 e. The first-order valence-corrected chi connectivity index (χ1v) is 8.88. The van der Waals surface area contributed by atoms with Gasteiger partial charge in [-0.05, 0) is 55.8 Å². The molecule has 2 aliphatic carbocycles. The normalized spacial score (nSPS) is 25.1. The van der Waals surface area contributed by atoms with Gasteiger partial charge in [-0.2, -0.15) is 0 Å². The molecule has 0 aliphatic heterocycles. The van der Waals surface area contributed by atoms with Gasteiger partial charge in [0.05, 0.1) is 0 Å². The van der Waals surface area contributed by atoms with Gasteiger partial charge < -0.3 is 5.32 Å². The topological polar surface area (TPSA) is 15.3 Å². The Morgan fingerprint density at radius 1 is 1.19 bits per heavy atom. The predicted molar refractivity (Wildman–Crippen MR) is 89.6 cm³/mol. The molecular weight excluding hydrogens is 256 g/mol. The molecule has 0 aromatic heterocycles. The van der Waals surface area contributed by atoms with Crippen LogP contribution < -0.4 is 5.32 Å². The summed E-state index contributed by atoms with van der Waals surface area (Å²) >= 11 is 0. The molecule has 0 radical (unpaired) electrons. The highest BCUT2D eigenvalue weighted by Crippen LogP contribution is 2.36. The monoisotopic (exact) mass is 286 g/mol. The van der Waals surface area contributed by atoms with Gasteiger partial charge in [-0.1, -0.05) is 44.5 Å². The van der Waals surface area contributed by atoms with E-state index < -0.39 is 0 Å². The lowest BCUT2D eigenvalue weighted by Crippen LogP contribution is -2.46. The van der Waals surface area contributed by atoms with Gasteiger partial charge in [-0.3, -0.25) is 4.90 Å². The molecule has 1 aromatic carbocycles. The molecule has 0 amide bonds. The summed E-state index contributed by atoms with van der Waals surface area (Å²) in [6.07, 6.45) is 6.77. The Balaban J connectivity index is 1.75. The van der Waals surface area contributed by atoms with E-state index in [-0.39, 0.29) is 0 Å². The minimum Gasteiger partial charge on any atom is -0.309 e. The molecule has 2 nitrogen and oxygen atoms in total.